The molecule has 0 radical (unpaired) electrons. The molecule has 0 spiro atoms. The number of carbonyl (C=O) groups excluding carboxylic acids is 1. The number of carbonyl (C=O) groups is 1. The maximum Gasteiger partial charge on any atom is 0.351 e. The molecule has 106 valence electrons. The first-order valence-corrected chi connectivity index (χ1v) is 7.34. The second kappa shape index (κ2) is 6.54. The van der Waals surface area contributed by atoms with Crippen molar-refractivity contribution in [3.63, 3.8) is 0 Å². The van der Waals surface area contributed by atoms with Gasteiger partial charge in [0, 0.05) is 26.8 Å². The number of nitrogens with zero attached hydrogens (tertiary/aromatic N) is 2. The van der Waals surface area contributed by atoms with E-state index >= 15 is 0 Å². The van der Waals surface area contributed by atoms with Crippen molar-refractivity contribution in [1.29, 1.82) is 0 Å². The highest BCUT2D eigenvalue weighted by atomic mass is 35.5. The smallest absolute Gasteiger partial charge is 0.351 e. The van der Waals surface area contributed by atoms with Crippen LogP contribution in [0.3, 0.4) is 0 Å². The van der Waals surface area contributed by atoms with Gasteiger partial charge in [0.15, 0.2) is 15.2 Å². The number of anilines is 1. The van der Waals surface area contributed by atoms with E-state index in [2.05, 4.69) is 9.72 Å². The van der Waals surface area contributed by atoms with Crippen molar-refractivity contribution in [3.05, 3.63) is 10.0 Å². The Morgan fingerprint density at radius 2 is 2.26 bits per heavy atom. The van der Waals surface area contributed by atoms with Crippen molar-refractivity contribution in [3.8, 4) is 0 Å². The molecule has 1 aliphatic rings. The van der Waals surface area contributed by atoms with Crippen molar-refractivity contribution < 1.29 is 14.3 Å². The molecule has 5 nitrogen and oxygen atoms in total. The molecule has 0 aliphatic carbocycles. The Kier molecular flexibility index (Phi) is 5.01. The second-order valence-corrected chi connectivity index (χ2v) is 5.88. The summed E-state index contributed by atoms with van der Waals surface area (Å²) in [5, 5.41) is 0.961. The molecular weight excluding hydrogens is 288 g/mol. The van der Waals surface area contributed by atoms with Crippen LogP contribution in [0.5, 0.6) is 0 Å². The molecule has 0 aromatic carbocycles. The van der Waals surface area contributed by atoms with Crippen molar-refractivity contribution >= 4 is 34.0 Å². The molecule has 1 aromatic heterocycles. The minimum absolute atomic E-state index is 0.214. The number of ether oxygens (including phenoxy) is 2. The Morgan fingerprint density at radius 3 is 2.89 bits per heavy atom. The first-order chi connectivity index (χ1) is 9.11. The standard InChI is InChI=1S/C12H17ClN2O3S/c1-15(7-8-3-5-18-6-4-8)12-14-10(13)9(19-12)11(16)17-2/h8H,3-7H2,1-2H3. The minimum atomic E-state index is -0.437. The summed E-state index contributed by atoms with van der Waals surface area (Å²) in [5.41, 5.74) is 0. The van der Waals surface area contributed by atoms with E-state index in [1.807, 2.05) is 11.9 Å². The SMILES string of the molecule is COC(=O)c1sc(N(C)CC2CCOCC2)nc1Cl. The number of methoxy groups -OCH3 is 1. The van der Waals surface area contributed by atoms with Gasteiger partial charge in [0.05, 0.1) is 7.11 Å². The lowest BCUT2D eigenvalue weighted by Gasteiger charge is -2.26. The average molecular weight is 305 g/mol. The Labute approximate surface area is 121 Å². The van der Waals surface area contributed by atoms with E-state index < -0.39 is 5.97 Å². The number of thiazole rings is 1. The minimum Gasteiger partial charge on any atom is -0.465 e. The Bertz CT molecular complexity index is 446. The highest BCUT2D eigenvalue weighted by molar-refractivity contribution is 7.18. The molecule has 1 aromatic rings. The van der Waals surface area contributed by atoms with Gasteiger partial charge in [0.2, 0.25) is 0 Å². The van der Waals surface area contributed by atoms with Crippen molar-refractivity contribution in [2.75, 3.05) is 38.8 Å². The quantitative estimate of drug-likeness (QED) is 0.800. The zero-order valence-corrected chi connectivity index (χ0v) is 12.6. The molecule has 1 fully saturated rings. The fourth-order valence-electron chi connectivity index (χ4n) is 2.07. The van der Waals surface area contributed by atoms with Crippen LogP contribution in [-0.4, -0.2) is 44.9 Å². The van der Waals surface area contributed by atoms with Crippen LogP contribution in [0.1, 0.15) is 22.5 Å². The highest BCUT2D eigenvalue weighted by Crippen LogP contribution is 2.30. The zero-order chi connectivity index (χ0) is 13.8. The molecule has 19 heavy (non-hydrogen) atoms. The second-order valence-electron chi connectivity index (χ2n) is 4.54. The summed E-state index contributed by atoms with van der Waals surface area (Å²) in [4.78, 5) is 18.1. The van der Waals surface area contributed by atoms with Crippen molar-refractivity contribution in [2.45, 2.75) is 12.8 Å². The fraction of sp³-hybridized carbons (Fsp3) is 0.667. The van der Waals surface area contributed by atoms with E-state index in [-0.39, 0.29) is 5.15 Å². The summed E-state index contributed by atoms with van der Waals surface area (Å²) in [6.07, 6.45) is 2.13. The number of aromatic nitrogens is 1. The monoisotopic (exact) mass is 304 g/mol. The van der Waals surface area contributed by atoms with Crippen LogP contribution in [0.2, 0.25) is 5.15 Å². The fourth-order valence-corrected chi connectivity index (χ4v) is 3.24. The maximum atomic E-state index is 11.5. The molecule has 0 N–H and O–H groups in total. The lowest BCUT2D eigenvalue weighted by Crippen LogP contribution is -2.29. The van der Waals surface area contributed by atoms with Crippen molar-refractivity contribution in [2.24, 2.45) is 5.92 Å². The summed E-state index contributed by atoms with van der Waals surface area (Å²) in [7, 11) is 3.30. The van der Waals surface area contributed by atoms with Gasteiger partial charge in [-0.25, -0.2) is 9.78 Å². The van der Waals surface area contributed by atoms with Crippen LogP contribution in [0.4, 0.5) is 5.13 Å². The summed E-state index contributed by atoms with van der Waals surface area (Å²) < 4.78 is 10.0. The third kappa shape index (κ3) is 3.58. The van der Waals surface area contributed by atoms with Gasteiger partial charge < -0.3 is 14.4 Å². The zero-order valence-electron chi connectivity index (χ0n) is 11.0. The molecular formula is C12H17ClN2O3S. The molecule has 0 bridgehead atoms. The Morgan fingerprint density at radius 1 is 1.58 bits per heavy atom. The topological polar surface area (TPSA) is 51.7 Å². The van der Waals surface area contributed by atoms with Gasteiger partial charge in [0.25, 0.3) is 0 Å². The molecule has 0 amide bonds. The highest BCUT2D eigenvalue weighted by Gasteiger charge is 2.21. The van der Waals surface area contributed by atoms with Crippen molar-refractivity contribution in [1.82, 2.24) is 4.98 Å². The van der Waals surface area contributed by atoms with Crippen LogP contribution in [-0.2, 0) is 9.47 Å². The van der Waals surface area contributed by atoms with E-state index in [1.54, 1.807) is 0 Å². The lowest BCUT2D eigenvalue weighted by molar-refractivity contribution is 0.0606. The van der Waals surface area contributed by atoms with Crippen LogP contribution in [0.15, 0.2) is 0 Å². The summed E-state index contributed by atoms with van der Waals surface area (Å²) in [6.45, 7) is 2.54. The molecule has 1 saturated heterocycles. The Balaban J connectivity index is 2.02. The largest absolute Gasteiger partial charge is 0.465 e. The van der Waals surface area contributed by atoms with Gasteiger partial charge in [-0.15, -0.1) is 0 Å². The van der Waals surface area contributed by atoms with Gasteiger partial charge in [-0.1, -0.05) is 22.9 Å². The first kappa shape index (κ1) is 14.6. The van der Waals surface area contributed by atoms with Gasteiger partial charge in [-0.05, 0) is 18.8 Å². The number of rotatable bonds is 4. The van der Waals surface area contributed by atoms with Crippen LogP contribution in [0, 0.1) is 5.92 Å². The Hall–Kier alpha value is -0.850. The number of hydrogen-bond acceptors (Lipinski definition) is 6. The van der Waals surface area contributed by atoms with Crippen LogP contribution < -0.4 is 4.90 Å². The van der Waals surface area contributed by atoms with E-state index in [9.17, 15) is 4.79 Å². The van der Waals surface area contributed by atoms with E-state index in [4.69, 9.17) is 16.3 Å². The predicted octanol–water partition coefficient (Wildman–Crippen LogP) is 2.45. The van der Waals surface area contributed by atoms with Gasteiger partial charge in [-0.2, -0.15) is 0 Å². The molecule has 2 heterocycles. The molecule has 0 atom stereocenters. The van der Waals surface area contributed by atoms with Crippen LogP contribution in [0.25, 0.3) is 0 Å². The van der Waals surface area contributed by atoms with E-state index in [0.29, 0.717) is 10.8 Å². The average Bonchev–Trinajstić information content (AvgIpc) is 2.81. The third-order valence-corrected chi connectivity index (χ3v) is 4.68. The molecule has 1 aliphatic heterocycles. The van der Waals surface area contributed by atoms with Gasteiger partial charge >= 0.3 is 5.97 Å². The molecule has 0 saturated carbocycles. The molecule has 7 heteroatoms. The summed E-state index contributed by atoms with van der Waals surface area (Å²) >= 11 is 7.22. The summed E-state index contributed by atoms with van der Waals surface area (Å²) in [5.74, 6) is 0.163. The van der Waals surface area contributed by atoms with Gasteiger partial charge in [0.1, 0.15) is 0 Å². The van der Waals surface area contributed by atoms with E-state index in [1.165, 1.54) is 18.4 Å². The predicted molar refractivity (Wildman–Crippen MR) is 75.3 cm³/mol. The first-order valence-electron chi connectivity index (χ1n) is 6.15. The third-order valence-electron chi connectivity index (χ3n) is 3.14. The molecule has 0 unspecified atom stereocenters. The number of hydrogen-bond donors (Lipinski definition) is 0. The number of esters is 1. The maximum absolute atomic E-state index is 11.5. The van der Waals surface area contributed by atoms with E-state index in [0.717, 1.165) is 37.7 Å². The normalized spacial score (nSPS) is 16.4. The lowest BCUT2D eigenvalue weighted by atomic mass is 10.0. The molecule has 2 rings (SSSR count). The van der Waals surface area contributed by atoms with Crippen LogP contribution >= 0.6 is 22.9 Å². The van der Waals surface area contributed by atoms with Gasteiger partial charge in [-0.3, -0.25) is 0 Å². The number of halogens is 1. The summed E-state index contributed by atoms with van der Waals surface area (Å²) in [6, 6.07) is 0.